The second-order valence-electron chi connectivity index (χ2n) is 7.74. The summed E-state index contributed by atoms with van der Waals surface area (Å²) in [5.74, 6) is 0.693. The van der Waals surface area contributed by atoms with Crippen LogP contribution in [0.3, 0.4) is 0 Å². The van der Waals surface area contributed by atoms with Crippen LogP contribution in [-0.4, -0.2) is 35.6 Å². The summed E-state index contributed by atoms with van der Waals surface area (Å²) in [6.45, 7) is 7.18. The molecule has 1 aromatic carbocycles. The Morgan fingerprint density at radius 1 is 1.20 bits per heavy atom. The van der Waals surface area contributed by atoms with Crippen molar-refractivity contribution < 1.29 is 14.3 Å². The van der Waals surface area contributed by atoms with Crippen molar-refractivity contribution in [1.29, 1.82) is 0 Å². The van der Waals surface area contributed by atoms with E-state index in [1.807, 2.05) is 56.0 Å². The monoisotopic (exact) mass is 346 g/mol. The maximum absolute atomic E-state index is 12.6. The molecule has 1 fully saturated rings. The number of benzene rings is 1. The van der Waals surface area contributed by atoms with Gasteiger partial charge in [0.2, 0.25) is 5.91 Å². The summed E-state index contributed by atoms with van der Waals surface area (Å²) in [7, 11) is 0. The van der Waals surface area contributed by atoms with E-state index in [1.54, 1.807) is 0 Å². The number of rotatable bonds is 7. The molecule has 0 saturated heterocycles. The Morgan fingerprint density at radius 3 is 2.44 bits per heavy atom. The number of amides is 2. The third-order valence-corrected chi connectivity index (χ3v) is 4.28. The Morgan fingerprint density at radius 2 is 1.88 bits per heavy atom. The molecule has 2 rings (SSSR count). The first kappa shape index (κ1) is 19.3. The van der Waals surface area contributed by atoms with Crippen LogP contribution >= 0.6 is 0 Å². The standard InChI is InChI=1S/C20H30N2O3/c1-20(2,3)25-19(24)21-13-12-18(23)22(15-17-10-7-11-17)14-16-8-5-4-6-9-16/h4-6,8-9,17H,7,10-15H2,1-3H3,(H,21,24). The van der Waals surface area contributed by atoms with Crippen LogP contribution in [-0.2, 0) is 16.1 Å². The van der Waals surface area contributed by atoms with Gasteiger partial charge in [-0.05, 0) is 45.1 Å². The highest BCUT2D eigenvalue weighted by Gasteiger charge is 2.24. The van der Waals surface area contributed by atoms with E-state index in [-0.39, 0.29) is 5.91 Å². The minimum atomic E-state index is -0.530. The van der Waals surface area contributed by atoms with Crippen molar-refractivity contribution in [2.75, 3.05) is 13.1 Å². The Balaban J connectivity index is 1.83. The van der Waals surface area contributed by atoms with Gasteiger partial charge in [-0.2, -0.15) is 0 Å². The van der Waals surface area contributed by atoms with E-state index >= 15 is 0 Å². The van der Waals surface area contributed by atoms with Crippen LogP contribution in [0.4, 0.5) is 4.79 Å². The van der Waals surface area contributed by atoms with Crippen molar-refractivity contribution in [1.82, 2.24) is 10.2 Å². The number of ether oxygens (including phenoxy) is 1. The molecular formula is C20H30N2O3. The molecule has 0 aliphatic heterocycles. The minimum Gasteiger partial charge on any atom is -0.444 e. The Bertz CT molecular complexity index is 562. The van der Waals surface area contributed by atoms with E-state index < -0.39 is 11.7 Å². The number of nitrogens with one attached hydrogen (secondary N) is 1. The molecular weight excluding hydrogens is 316 g/mol. The number of nitrogens with zero attached hydrogens (tertiary/aromatic N) is 1. The molecule has 0 bridgehead atoms. The second kappa shape index (κ2) is 8.88. The zero-order valence-electron chi connectivity index (χ0n) is 15.6. The van der Waals surface area contributed by atoms with Gasteiger partial charge in [0.05, 0.1) is 0 Å². The van der Waals surface area contributed by atoms with Crippen molar-refractivity contribution in [3.05, 3.63) is 35.9 Å². The van der Waals surface area contributed by atoms with Gasteiger partial charge in [0.15, 0.2) is 0 Å². The van der Waals surface area contributed by atoms with Crippen molar-refractivity contribution >= 4 is 12.0 Å². The van der Waals surface area contributed by atoms with Crippen LogP contribution in [0.15, 0.2) is 30.3 Å². The zero-order chi connectivity index (χ0) is 18.3. The van der Waals surface area contributed by atoms with Crippen molar-refractivity contribution in [3.63, 3.8) is 0 Å². The van der Waals surface area contributed by atoms with Crippen LogP contribution in [0, 0.1) is 5.92 Å². The Labute approximate surface area is 150 Å². The summed E-state index contributed by atoms with van der Waals surface area (Å²) >= 11 is 0. The molecule has 0 heterocycles. The van der Waals surface area contributed by atoms with Gasteiger partial charge in [-0.1, -0.05) is 36.8 Å². The molecule has 25 heavy (non-hydrogen) atoms. The molecule has 2 amide bonds. The summed E-state index contributed by atoms with van der Waals surface area (Å²) in [6.07, 6.45) is 3.48. The average molecular weight is 346 g/mol. The van der Waals surface area contributed by atoms with Crippen molar-refractivity contribution in [3.8, 4) is 0 Å². The van der Waals surface area contributed by atoms with Gasteiger partial charge >= 0.3 is 6.09 Å². The van der Waals surface area contributed by atoms with Crippen molar-refractivity contribution in [2.24, 2.45) is 5.92 Å². The number of hydrogen-bond donors (Lipinski definition) is 1. The van der Waals surface area contributed by atoms with Crippen LogP contribution < -0.4 is 5.32 Å². The summed E-state index contributed by atoms with van der Waals surface area (Å²) in [5, 5.41) is 2.66. The number of carbonyl (C=O) groups is 2. The van der Waals surface area contributed by atoms with Gasteiger partial charge in [-0.3, -0.25) is 4.79 Å². The van der Waals surface area contributed by atoms with E-state index in [0.29, 0.717) is 25.4 Å². The molecule has 5 heteroatoms. The number of carbonyl (C=O) groups excluding carboxylic acids is 2. The lowest BCUT2D eigenvalue weighted by atomic mass is 9.85. The molecule has 1 aliphatic carbocycles. The average Bonchev–Trinajstić information content (AvgIpc) is 2.48. The molecule has 138 valence electrons. The molecule has 1 aliphatic rings. The summed E-state index contributed by atoms with van der Waals surface area (Å²) in [5.41, 5.74) is 0.604. The molecule has 0 aromatic heterocycles. The number of hydrogen-bond acceptors (Lipinski definition) is 3. The molecule has 0 radical (unpaired) electrons. The van der Waals surface area contributed by atoms with E-state index in [0.717, 1.165) is 12.1 Å². The lowest BCUT2D eigenvalue weighted by Gasteiger charge is -2.32. The SMILES string of the molecule is CC(C)(C)OC(=O)NCCC(=O)N(Cc1ccccc1)CC1CCC1. The normalized spacial score (nSPS) is 14.5. The summed E-state index contributed by atoms with van der Waals surface area (Å²) in [4.78, 5) is 26.2. The molecule has 1 aromatic rings. The molecule has 0 atom stereocenters. The first-order valence-electron chi connectivity index (χ1n) is 9.12. The third kappa shape index (κ3) is 7.16. The quantitative estimate of drug-likeness (QED) is 0.818. The van der Waals surface area contributed by atoms with Gasteiger partial charge in [0, 0.05) is 26.1 Å². The topological polar surface area (TPSA) is 58.6 Å². The first-order valence-corrected chi connectivity index (χ1v) is 9.12. The van der Waals surface area contributed by atoms with Crippen LogP contribution in [0.25, 0.3) is 0 Å². The molecule has 0 spiro atoms. The lowest BCUT2D eigenvalue weighted by molar-refractivity contribution is -0.132. The predicted molar refractivity (Wildman–Crippen MR) is 98.1 cm³/mol. The third-order valence-electron chi connectivity index (χ3n) is 4.28. The molecule has 1 N–H and O–H groups in total. The molecule has 1 saturated carbocycles. The van der Waals surface area contributed by atoms with E-state index in [2.05, 4.69) is 5.32 Å². The second-order valence-corrected chi connectivity index (χ2v) is 7.74. The number of alkyl carbamates (subject to hydrolysis) is 1. The van der Waals surface area contributed by atoms with Gasteiger partial charge < -0.3 is 15.0 Å². The Kier molecular flexibility index (Phi) is 6.85. The van der Waals surface area contributed by atoms with Gasteiger partial charge in [-0.15, -0.1) is 0 Å². The van der Waals surface area contributed by atoms with Gasteiger partial charge in [0.1, 0.15) is 5.60 Å². The minimum absolute atomic E-state index is 0.0758. The van der Waals surface area contributed by atoms with E-state index in [1.165, 1.54) is 19.3 Å². The molecule has 5 nitrogen and oxygen atoms in total. The predicted octanol–water partition coefficient (Wildman–Crippen LogP) is 3.73. The van der Waals surface area contributed by atoms with Crippen LogP contribution in [0.2, 0.25) is 0 Å². The zero-order valence-corrected chi connectivity index (χ0v) is 15.6. The summed E-state index contributed by atoms with van der Waals surface area (Å²) in [6, 6.07) is 10.0. The molecule has 0 unspecified atom stereocenters. The highest BCUT2D eigenvalue weighted by atomic mass is 16.6. The fourth-order valence-electron chi connectivity index (χ4n) is 2.79. The summed E-state index contributed by atoms with van der Waals surface area (Å²) < 4.78 is 5.19. The fraction of sp³-hybridized carbons (Fsp3) is 0.600. The first-order chi connectivity index (χ1) is 11.8. The Hall–Kier alpha value is -2.04. The fourth-order valence-corrected chi connectivity index (χ4v) is 2.79. The largest absolute Gasteiger partial charge is 0.444 e. The maximum atomic E-state index is 12.6. The highest BCUT2D eigenvalue weighted by Crippen LogP contribution is 2.27. The van der Waals surface area contributed by atoms with E-state index in [9.17, 15) is 9.59 Å². The van der Waals surface area contributed by atoms with Crippen molar-refractivity contribution in [2.45, 2.75) is 58.6 Å². The highest BCUT2D eigenvalue weighted by molar-refractivity contribution is 5.77. The van der Waals surface area contributed by atoms with Gasteiger partial charge in [0.25, 0.3) is 0 Å². The van der Waals surface area contributed by atoms with Crippen LogP contribution in [0.5, 0.6) is 0 Å². The maximum Gasteiger partial charge on any atom is 0.407 e. The lowest BCUT2D eigenvalue weighted by Crippen LogP contribution is -2.39. The van der Waals surface area contributed by atoms with E-state index in [4.69, 9.17) is 4.74 Å². The van der Waals surface area contributed by atoms with Crippen LogP contribution in [0.1, 0.15) is 52.0 Å². The van der Waals surface area contributed by atoms with Gasteiger partial charge in [-0.25, -0.2) is 4.79 Å². The smallest absolute Gasteiger partial charge is 0.407 e.